The van der Waals surface area contributed by atoms with Gasteiger partial charge in [-0.1, -0.05) is 53.0 Å². The van der Waals surface area contributed by atoms with Crippen LogP contribution in [0.2, 0.25) is 0 Å². The van der Waals surface area contributed by atoms with E-state index in [9.17, 15) is 4.79 Å². The van der Waals surface area contributed by atoms with Gasteiger partial charge in [-0.15, -0.1) is 0 Å². The number of nitrogens with one attached hydrogen (secondary N) is 2. The molecule has 2 aromatic rings. The van der Waals surface area contributed by atoms with Crippen LogP contribution in [0.3, 0.4) is 0 Å². The highest BCUT2D eigenvalue weighted by molar-refractivity contribution is 9.10. The lowest BCUT2D eigenvalue weighted by Gasteiger charge is -2.12. The molecular formula is C20H23BrN2O. The summed E-state index contributed by atoms with van der Waals surface area (Å²) in [6, 6.07) is 16.6. The van der Waals surface area contributed by atoms with Gasteiger partial charge in [-0.05, 0) is 48.2 Å². The Bertz CT molecular complexity index is 661. The van der Waals surface area contributed by atoms with Crippen LogP contribution in [-0.2, 0) is 13.1 Å². The molecule has 1 amide bonds. The second kappa shape index (κ2) is 8.45. The van der Waals surface area contributed by atoms with Gasteiger partial charge >= 0.3 is 0 Å². The highest BCUT2D eigenvalue weighted by atomic mass is 79.9. The third kappa shape index (κ3) is 4.92. The van der Waals surface area contributed by atoms with E-state index < -0.39 is 0 Å². The first-order chi connectivity index (χ1) is 11.7. The van der Waals surface area contributed by atoms with Crippen molar-refractivity contribution in [1.82, 2.24) is 10.6 Å². The number of hydrogen-bond acceptors (Lipinski definition) is 2. The lowest BCUT2D eigenvalue weighted by Crippen LogP contribution is -2.32. The highest BCUT2D eigenvalue weighted by Gasteiger charge is 2.17. The van der Waals surface area contributed by atoms with Gasteiger partial charge in [0.05, 0.1) is 0 Å². The molecule has 3 nitrogen and oxygen atoms in total. The molecule has 0 bridgehead atoms. The van der Waals surface area contributed by atoms with Gasteiger partial charge in [0.2, 0.25) is 0 Å². The number of amides is 1. The Kier molecular flexibility index (Phi) is 6.05. The van der Waals surface area contributed by atoms with Crippen LogP contribution in [0.4, 0.5) is 0 Å². The molecule has 1 aliphatic carbocycles. The second-order valence-corrected chi connectivity index (χ2v) is 7.30. The summed E-state index contributed by atoms with van der Waals surface area (Å²) in [5.74, 6) is 0.0521. The quantitative estimate of drug-likeness (QED) is 0.771. The smallest absolute Gasteiger partial charge is 0.251 e. The van der Waals surface area contributed by atoms with Crippen molar-refractivity contribution in [1.29, 1.82) is 0 Å². The number of carbonyl (C=O) groups excluding carboxylic acids is 1. The van der Waals surface area contributed by atoms with Gasteiger partial charge < -0.3 is 10.6 Å². The first-order valence-corrected chi connectivity index (χ1v) is 9.35. The molecule has 2 N–H and O–H groups in total. The van der Waals surface area contributed by atoms with Crippen molar-refractivity contribution in [2.45, 2.75) is 44.8 Å². The minimum atomic E-state index is 0.0521. The molecule has 0 radical (unpaired) electrons. The maximum Gasteiger partial charge on any atom is 0.251 e. The molecule has 0 saturated heterocycles. The fraction of sp³-hybridized carbons (Fsp3) is 0.350. The lowest BCUT2D eigenvalue weighted by molar-refractivity contribution is 0.0938. The number of carbonyl (C=O) groups is 1. The van der Waals surface area contributed by atoms with Gasteiger partial charge in [-0.2, -0.15) is 0 Å². The average molecular weight is 387 g/mol. The summed E-state index contributed by atoms with van der Waals surface area (Å²) in [5.41, 5.74) is 3.19. The molecule has 0 unspecified atom stereocenters. The number of halogens is 1. The molecule has 0 heterocycles. The van der Waals surface area contributed by atoms with Crippen molar-refractivity contribution in [3.05, 3.63) is 69.7 Å². The summed E-state index contributed by atoms with van der Waals surface area (Å²) >= 11 is 3.44. The maximum absolute atomic E-state index is 12.2. The largest absolute Gasteiger partial charge is 0.349 e. The average Bonchev–Trinajstić information content (AvgIpc) is 3.10. The summed E-state index contributed by atoms with van der Waals surface area (Å²) in [7, 11) is 0. The Hall–Kier alpha value is -1.65. The van der Waals surface area contributed by atoms with Crippen molar-refractivity contribution in [2.24, 2.45) is 0 Å². The van der Waals surface area contributed by atoms with E-state index in [0.717, 1.165) is 36.0 Å². The zero-order valence-electron chi connectivity index (χ0n) is 13.7. The number of benzene rings is 2. The van der Waals surface area contributed by atoms with E-state index in [1.807, 2.05) is 24.3 Å². The van der Waals surface area contributed by atoms with Gasteiger partial charge in [-0.3, -0.25) is 4.79 Å². The Balaban J connectivity index is 1.47. The maximum atomic E-state index is 12.2. The topological polar surface area (TPSA) is 41.1 Å². The minimum Gasteiger partial charge on any atom is -0.349 e. The van der Waals surface area contributed by atoms with Crippen LogP contribution in [0, 0.1) is 0 Å². The van der Waals surface area contributed by atoms with Gasteiger partial charge in [0.1, 0.15) is 0 Å². The Morgan fingerprint density at radius 3 is 2.04 bits per heavy atom. The SMILES string of the molecule is O=C(NC1CCCC1)c1ccc(CNCc2ccc(Br)cc2)cc1. The highest BCUT2D eigenvalue weighted by Crippen LogP contribution is 2.18. The molecule has 1 aliphatic rings. The van der Waals surface area contributed by atoms with Crippen LogP contribution in [0.25, 0.3) is 0 Å². The molecule has 3 rings (SSSR count). The van der Waals surface area contributed by atoms with Crippen LogP contribution in [0.15, 0.2) is 53.0 Å². The molecule has 24 heavy (non-hydrogen) atoms. The van der Waals surface area contributed by atoms with Gasteiger partial charge in [0.15, 0.2) is 0 Å². The zero-order chi connectivity index (χ0) is 16.8. The van der Waals surface area contributed by atoms with Crippen LogP contribution in [0.5, 0.6) is 0 Å². The van der Waals surface area contributed by atoms with Gasteiger partial charge in [0.25, 0.3) is 5.91 Å². The van der Waals surface area contributed by atoms with Crippen LogP contribution >= 0.6 is 15.9 Å². The molecule has 1 saturated carbocycles. The van der Waals surface area contributed by atoms with E-state index in [2.05, 4.69) is 50.8 Å². The Morgan fingerprint density at radius 2 is 1.46 bits per heavy atom. The van der Waals surface area contributed by atoms with Crippen molar-refractivity contribution < 1.29 is 4.79 Å². The molecule has 2 aromatic carbocycles. The number of rotatable bonds is 6. The normalized spacial score (nSPS) is 14.7. The summed E-state index contributed by atoms with van der Waals surface area (Å²) in [5, 5.41) is 6.55. The first kappa shape index (κ1) is 17.2. The summed E-state index contributed by atoms with van der Waals surface area (Å²) in [6.07, 6.45) is 4.69. The third-order valence-corrected chi connectivity index (χ3v) is 5.01. The summed E-state index contributed by atoms with van der Waals surface area (Å²) in [4.78, 5) is 12.2. The van der Waals surface area contributed by atoms with E-state index in [-0.39, 0.29) is 5.91 Å². The second-order valence-electron chi connectivity index (χ2n) is 6.38. The molecule has 0 atom stereocenters. The first-order valence-electron chi connectivity index (χ1n) is 8.56. The van der Waals surface area contributed by atoms with E-state index in [1.54, 1.807) is 0 Å². The van der Waals surface area contributed by atoms with Gasteiger partial charge in [-0.25, -0.2) is 0 Å². The van der Waals surface area contributed by atoms with Crippen LogP contribution in [-0.4, -0.2) is 11.9 Å². The molecule has 0 spiro atoms. The van der Waals surface area contributed by atoms with Crippen LogP contribution in [0.1, 0.15) is 47.2 Å². The van der Waals surface area contributed by atoms with Crippen molar-refractivity contribution in [3.63, 3.8) is 0 Å². The van der Waals surface area contributed by atoms with Crippen LogP contribution < -0.4 is 10.6 Å². The molecule has 126 valence electrons. The predicted molar refractivity (Wildman–Crippen MR) is 101 cm³/mol. The van der Waals surface area contributed by atoms with E-state index in [1.165, 1.54) is 24.0 Å². The molecule has 1 fully saturated rings. The van der Waals surface area contributed by atoms with Crippen molar-refractivity contribution in [3.8, 4) is 0 Å². The summed E-state index contributed by atoms with van der Waals surface area (Å²) < 4.78 is 1.10. The molecule has 4 heteroatoms. The fourth-order valence-electron chi connectivity index (χ4n) is 3.07. The van der Waals surface area contributed by atoms with E-state index in [0.29, 0.717) is 6.04 Å². The standard InChI is InChI=1S/C20H23BrN2O/c21-18-11-7-16(8-12-18)14-22-13-15-5-9-17(10-6-15)20(24)23-19-3-1-2-4-19/h5-12,19,22H,1-4,13-14H2,(H,23,24). The third-order valence-electron chi connectivity index (χ3n) is 4.48. The fourth-order valence-corrected chi connectivity index (χ4v) is 3.33. The minimum absolute atomic E-state index is 0.0521. The lowest BCUT2D eigenvalue weighted by atomic mass is 10.1. The van der Waals surface area contributed by atoms with Gasteiger partial charge in [0, 0.05) is 29.2 Å². The van der Waals surface area contributed by atoms with Crippen molar-refractivity contribution in [2.75, 3.05) is 0 Å². The van der Waals surface area contributed by atoms with E-state index in [4.69, 9.17) is 0 Å². The Morgan fingerprint density at radius 1 is 0.917 bits per heavy atom. The number of hydrogen-bond donors (Lipinski definition) is 2. The predicted octanol–water partition coefficient (Wildman–Crippen LogP) is 4.41. The Labute approximate surface area is 152 Å². The molecule has 0 aromatic heterocycles. The van der Waals surface area contributed by atoms with E-state index >= 15 is 0 Å². The zero-order valence-corrected chi connectivity index (χ0v) is 15.3. The monoisotopic (exact) mass is 386 g/mol. The molecular weight excluding hydrogens is 364 g/mol. The summed E-state index contributed by atoms with van der Waals surface area (Å²) in [6.45, 7) is 1.62. The molecule has 0 aliphatic heterocycles. The van der Waals surface area contributed by atoms with Crippen molar-refractivity contribution >= 4 is 21.8 Å².